The van der Waals surface area contributed by atoms with Crippen LogP contribution in [0.1, 0.15) is 22.9 Å². The number of ether oxygens (including phenoxy) is 1. The number of nitrogens with zero attached hydrogens (tertiary/aromatic N) is 3. The summed E-state index contributed by atoms with van der Waals surface area (Å²) in [5, 5.41) is 13.7. The van der Waals surface area contributed by atoms with Gasteiger partial charge in [-0.1, -0.05) is 45.8 Å². The Hall–Kier alpha value is -3.20. The normalized spacial score (nSPS) is 12.5. The molecule has 2 aromatic rings. The molecule has 0 fully saturated rings. The van der Waals surface area contributed by atoms with E-state index in [-0.39, 0.29) is 12.3 Å². The molecular weight excluding hydrogens is 382 g/mol. The summed E-state index contributed by atoms with van der Waals surface area (Å²) >= 11 is 1.33. The molecule has 28 heavy (non-hydrogen) atoms. The van der Waals surface area contributed by atoms with E-state index in [0.29, 0.717) is 16.3 Å². The second-order valence-corrected chi connectivity index (χ2v) is 6.24. The summed E-state index contributed by atoms with van der Waals surface area (Å²) in [7, 11) is 4.12. The maximum absolute atomic E-state index is 11.9. The molecule has 0 bridgehead atoms. The Kier molecular flexibility index (Phi) is 8.16. The first kappa shape index (κ1) is 21.1. The van der Waals surface area contributed by atoms with E-state index < -0.39 is 5.97 Å². The summed E-state index contributed by atoms with van der Waals surface area (Å²) < 4.78 is 4.75. The Morgan fingerprint density at radius 3 is 2.29 bits per heavy atom. The van der Waals surface area contributed by atoms with Crippen molar-refractivity contribution >= 4 is 34.4 Å². The summed E-state index contributed by atoms with van der Waals surface area (Å²) in [6.07, 6.45) is 0. The molecule has 0 amide bonds. The van der Waals surface area contributed by atoms with Gasteiger partial charge in [-0.3, -0.25) is 0 Å². The predicted molar refractivity (Wildman–Crippen MR) is 108 cm³/mol. The average molecular weight is 403 g/mol. The minimum absolute atomic E-state index is 0.0743. The maximum Gasteiger partial charge on any atom is 0.361 e. The van der Waals surface area contributed by atoms with E-state index in [2.05, 4.69) is 15.5 Å². The van der Waals surface area contributed by atoms with Crippen LogP contribution in [-0.2, 0) is 30.7 Å². The van der Waals surface area contributed by atoms with E-state index in [1.165, 1.54) is 32.7 Å². The molecule has 0 saturated heterocycles. The molecule has 2 rings (SSSR count). The molecular formula is C19H21N3O5S. The lowest BCUT2D eigenvalue weighted by Gasteiger charge is -2.07. The summed E-state index contributed by atoms with van der Waals surface area (Å²) in [6.45, 7) is 1.90. The molecule has 148 valence electrons. The lowest BCUT2D eigenvalue weighted by atomic mass is 10.1. The predicted octanol–water partition coefficient (Wildman–Crippen LogP) is 3.21. The Morgan fingerprint density at radius 1 is 0.964 bits per heavy atom. The number of carbonyl (C=O) groups excluding carboxylic acids is 1. The summed E-state index contributed by atoms with van der Waals surface area (Å²) in [5.74, 6) is -0.594. The van der Waals surface area contributed by atoms with Crippen molar-refractivity contribution in [2.45, 2.75) is 13.5 Å². The van der Waals surface area contributed by atoms with Gasteiger partial charge in [0.2, 0.25) is 5.71 Å². The lowest BCUT2D eigenvalue weighted by Crippen LogP contribution is -2.18. The van der Waals surface area contributed by atoms with Gasteiger partial charge in [0.05, 0.1) is 12.0 Å². The van der Waals surface area contributed by atoms with Crippen LogP contribution in [0.4, 0.5) is 0 Å². The summed E-state index contributed by atoms with van der Waals surface area (Å²) in [6, 6.07) is 11.3. The maximum atomic E-state index is 11.9. The van der Waals surface area contributed by atoms with Crippen molar-refractivity contribution in [3.63, 3.8) is 0 Å². The molecule has 0 unspecified atom stereocenters. The topological polar surface area (TPSA) is 91.1 Å². The van der Waals surface area contributed by atoms with Crippen molar-refractivity contribution < 1.29 is 24.0 Å². The monoisotopic (exact) mass is 403 g/mol. The highest BCUT2D eigenvalue weighted by atomic mass is 32.1. The number of methoxy groups -OCH3 is 1. The van der Waals surface area contributed by atoms with Gasteiger partial charge in [-0.2, -0.15) is 0 Å². The van der Waals surface area contributed by atoms with Crippen LogP contribution in [0.3, 0.4) is 0 Å². The highest BCUT2D eigenvalue weighted by Crippen LogP contribution is 2.20. The number of hydrogen-bond donors (Lipinski definition) is 0. The van der Waals surface area contributed by atoms with Crippen LogP contribution in [0, 0.1) is 0 Å². The second kappa shape index (κ2) is 10.8. The van der Waals surface area contributed by atoms with E-state index in [4.69, 9.17) is 19.2 Å². The number of carbonyl (C=O) groups is 1. The van der Waals surface area contributed by atoms with Crippen LogP contribution in [0.5, 0.6) is 0 Å². The first-order valence-corrected chi connectivity index (χ1v) is 9.10. The van der Waals surface area contributed by atoms with Gasteiger partial charge in [-0.05, 0) is 18.4 Å². The Morgan fingerprint density at radius 2 is 1.64 bits per heavy atom. The molecule has 0 radical (unpaired) electrons. The first-order valence-electron chi connectivity index (χ1n) is 8.22. The molecule has 8 nitrogen and oxygen atoms in total. The number of rotatable bonds is 9. The number of thiophene rings is 1. The Labute approximate surface area is 167 Å². The SMILES string of the molecule is CO/N=C(/C(=O)OC)c1sccc1CO/N=C(C)/C(=N/OC)c1ccccc1. The fourth-order valence-electron chi connectivity index (χ4n) is 2.27. The average Bonchev–Trinajstić information content (AvgIpc) is 3.18. The molecule has 1 heterocycles. The second-order valence-electron chi connectivity index (χ2n) is 5.33. The zero-order valence-corrected chi connectivity index (χ0v) is 16.9. The van der Waals surface area contributed by atoms with Crippen molar-refractivity contribution in [3.05, 3.63) is 57.8 Å². The van der Waals surface area contributed by atoms with Gasteiger partial charge >= 0.3 is 5.97 Å². The van der Waals surface area contributed by atoms with E-state index in [1.807, 2.05) is 41.8 Å². The smallest absolute Gasteiger partial charge is 0.361 e. The van der Waals surface area contributed by atoms with Crippen molar-refractivity contribution in [2.75, 3.05) is 21.3 Å². The van der Waals surface area contributed by atoms with Gasteiger partial charge in [0.25, 0.3) is 0 Å². The fraction of sp³-hybridized carbons (Fsp3) is 0.263. The van der Waals surface area contributed by atoms with Crippen LogP contribution in [0.15, 0.2) is 57.2 Å². The molecule has 0 N–H and O–H groups in total. The quantitative estimate of drug-likeness (QED) is 0.364. The molecule has 0 aliphatic heterocycles. The lowest BCUT2D eigenvalue weighted by molar-refractivity contribution is -0.132. The first-order chi connectivity index (χ1) is 13.6. The van der Waals surface area contributed by atoms with Crippen LogP contribution in [0.25, 0.3) is 0 Å². The van der Waals surface area contributed by atoms with E-state index in [9.17, 15) is 4.79 Å². The molecule has 0 atom stereocenters. The third kappa shape index (κ3) is 5.40. The molecule has 0 aliphatic rings. The van der Waals surface area contributed by atoms with Gasteiger partial charge in [0, 0.05) is 11.1 Å². The van der Waals surface area contributed by atoms with E-state index >= 15 is 0 Å². The number of benzene rings is 1. The molecule has 0 spiro atoms. The third-order valence-electron chi connectivity index (χ3n) is 3.52. The highest BCUT2D eigenvalue weighted by Gasteiger charge is 2.21. The Balaban J connectivity index is 2.16. The molecule has 9 heteroatoms. The van der Waals surface area contributed by atoms with Crippen LogP contribution < -0.4 is 0 Å². The van der Waals surface area contributed by atoms with Crippen molar-refractivity contribution in [3.8, 4) is 0 Å². The number of oxime groups is 3. The van der Waals surface area contributed by atoms with Crippen molar-refractivity contribution in [1.29, 1.82) is 0 Å². The zero-order chi connectivity index (χ0) is 20.4. The van der Waals surface area contributed by atoms with Crippen LogP contribution in [-0.4, -0.2) is 44.4 Å². The summed E-state index contributed by atoms with van der Waals surface area (Å²) in [4.78, 5) is 27.7. The van der Waals surface area contributed by atoms with Crippen LogP contribution >= 0.6 is 11.3 Å². The minimum atomic E-state index is -0.594. The van der Waals surface area contributed by atoms with Gasteiger partial charge in [-0.15, -0.1) is 11.3 Å². The third-order valence-corrected chi connectivity index (χ3v) is 4.48. The van der Waals surface area contributed by atoms with Gasteiger partial charge in [0.15, 0.2) is 0 Å². The minimum Gasteiger partial charge on any atom is -0.464 e. The van der Waals surface area contributed by atoms with Crippen molar-refractivity contribution in [2.24, 2.45) is 15.5 Å². The van der Waals surface area contributed by atoms with Gasteiger partial charge in [-0.25, -0.2) is 4.79 Å². The number of esters is 1. The van der Waals surface area contributed by atoms with E-state index in [0.717, 1.165) is 11.1 Å². The largest absolute Gasteiger partial charge is 0.464 e. The molecule has 1 aromatic carbocycles. The highest BCUT2D eigenvalue weighted by molar-refractivity contribution is 7.13. The van der Waals surface area contributed by atoms with E-state index in [1.54, 1.807) is 6.92 Å². The number of hydrogen-bond acceptors (Lipinski definition) is 9. The molecule has 1 aromatic heterocycles. The standard InChI is InChI=1S/C19H21N3O5S/c1-13(16(21-25-3)14-8-6-5-7-9-14)20-27-12-15-10-11-28-18(15)17(22-26-4)19(23)24-2/h5-11H,12H2,1-4H3/b20-13+,21-16-,22-17+. The van der Waals surface area contributed by atoms with Gasteiger partial charge < -0.3 is 19.2 Å². The summed E-state index contributed by atoms with van der Waals surface area (Å²) in [5.41, 5.74) is 2.76. The van der Waals surface area contributed by atoms with Crippen LogP contribution in [0.2, 0.25) is 0 Å². The fourth-order valence-corrected chi connectivity index (χ4v) is 3.15. The molecule has 0 saturated carbocycles. The Bertz CT molecular complexity index is 875. The van der Waals surface area contributed by atoms with Crippen molar-refractivity contribution in [1.82, 2.24) is 0 Å². The zero-order valence-electron chi connectivity index (χ0n) is 16.0. The van der Waals surface area contributed by atoms with Gasteiger partial charge in [0.1, 0.15) is 32.2 Å². The molecule has 0 aliphatic carbocycles.